The van der Waals surface area contributed by atoms with Gasteiger partial charge in [-0.05, 0) is 6.07 Å². The van der Waals surface area contributed by atoms with Crippen molar-refractivity contribution in [3.05, 3.63) is 28.5 Å². The normalized spacial score (nSPS) is 15.1. The molecule has 2 rings (SSSR count). The predicted molar refractivity (Wildman–Crippen MR) is 49.2 cm³/mol. The third-order valence-electron chi connectivity index (χ3n) is 1.91. The Morgan fingerprint density at radius 1 is 1.50 bits per heavy atom. The van der Waals surface area contributed by atoms with E-state index in [0.717, 1.165) is 6.07 Å². The van der Waals surface area contributed by atoms with Crippen LogP contribution in [0.1, 0.15) is 10.4 Å². The molecule has 1 N–H and O–H groups in total. The summed E-state index contributed by atoms with van der Waals surface area (Å²) in [5.41, 5.74) is 0.272. The molecule has 0 atom stereocenters. The number of carbonyl (C=O) groups is 1. The first-order valence-electron chi connectivity index (χ1n) is 4.08. The standard InChI is InChI=1S/C9H7ClFNO2/c10-6-3-5-8(4-7(6)11)14-2-1-12-9(5)13/h3-4H,1-2H2,(H,12,13). The van der Waals surface area contributed by atoms with E-state index in [1.807, 2.05) is 0 Å². The quantitative estimate of drug-likeness (QED) is 0.714. The molecule has 0 aliphatic carbocycles. The van der Waals surface area contributed by atoms with Gasteiger partial charge in [-0.2, -0.15) is 0 Å². The molecular formula is C9H7ClFNO2. The third-order valence-corrected chi connectivity index (χ3v) is 2.20. The molecule has 0 unspecified atom stereocenters. The number of halogens is 2. The highest BCUT2D eigenvalue weighted by molar-refractivity contribution is 6.31. The van der Waals surface area contributed by atoms with E-state index in [4.69, 9.17) is 16.3 Å². The van der Waals surface area contributed by atoms with Crippen molar-refractivity contribution in [1.29, 1.82) is 0 Å². The van der Waals surface area contributed by atoms with Crippen LogP contribution in [0.25, 0.3) is 0 Å². The Morgan fingerprint density at radius 2 is 2.29 bits per heavy atom. The Kier molecular flexibility index (Phi) is 2.29. The lowest BCUT2D eigenvalue weighted by Crippen LogP contribution is -2.24. The van der Waals surface area contributed by atoms with E-state index in [2.05, 4.69) is 5.32 Å². The van der Waals surface area contributed by atoms with Crippen LogP contribution in [0, 0.1) is 5.82 Å². The Morgan fingerprint density at radius 3 is 3.07 bits per heavy atom. The van der Waals surface area contributed by atoms with Crippen LogP contribution in [0.5, 0.6) is 5.75 Å². The summed E-state index contributed by atoms with van der Waals surface area (Å²) in [5.74, 6) is -0.638. The van der Waals surface area contributed by atoms with Crippen molar-refractivity contribution in [3.8, 4) is 5.75 Å². The van der Waals surface area contributed by atoms with Gasteiger partial charge in [0.2, 0.25) is 0 Å². The minimum Gasteiger partial charge on any atom is -0.491 e. The first-order valence-corrected chi connectivity index (χ1v) is 4.46. The molecule has 0 aromatic heterocycles. The Hall–Kier alpha value is -1.29. The minimum atomic E-state index is -0.583. The molecule has 74 valence electrons. The number of hydrogen-bond acceptors (Lipinski definition) is 2. The highest BCUT2D eigenvalue weighted by Crippen LogP contribution is 2.26. The molecule has 0 fully saturated rings. The second kappa shape index (κ2) is 3.46. The molecule has 1 aliphatic heterocycles. The molecule has 0 radical (unpaired) electrons. The Labute approximate surface area is 84.8 Å². The maximum Gasteiger partial charge on any atom is 0.255 e. The summed E-state index contributed by atoms with van der Waals surface area (Å²) in [5, 5.41) is 2.52. The lowest BCUT2D eigenvalue weighted by Gasteiger charge is -2.05. The summed E-state index contributed by atoms with van der Waals surface area (Å²) in [6.07, 6.45) is 0. The molecule has 14 heavy (non-hydrogen) atoms. The smallest absolute Gasteiger partial charge is 0.255 e. The first kappa shape index (κ1) is 9.27. The fraction of sp³-hybridized carbons (Fsp3) is 0.222. The summed E-state index contributed by atoms with van der Waals surface area (Å²) in [6, 6.07) is 2.40. The van der Waals surface area contributed by atoms with Crippen molar-refractivity contribution in [2.24, 2.45) is 0 Å². The average Bonchev–Trinajstić information content (AvgIpc) is 2.31. The zero-order valence-electron chi connectivity index (χ0n) is 7.14. The lowest BCUT2D eigenvalue weighted by atomic mass is 10.2. The van der Waals surface area contributed by atoms with E-state index in [1.54, 1.807) is 0 Å². The van der Waals surface area contributed by atoms with Gasteiger partial charge in [0.15, 0.2) is 0 Å². The zero-order valence-corrected chi connectivity index (χ0v) is 7.90. The van der Waals surface area contributed by atoms with Crippen molar-refractivity contribution in [2.75, 3.05) is 13.2 Å². The van der Waals surface area contributed by atoms with Crippen molar-refractivity contribution in [3.63, 3.8) is 0 Å². The molecular weight excluding hydrogens is 209 g/mol. The van der Waals surface area contributed by atoms with Gasteiger partial charge >= 0.3 is 0 Å². The minimum absolute atomic E-state index is 0.0793. The molecule has 1 heterocycles. The van der Waals surface area contributed by atoms with Crippen LogP contribution in [-0.4, -0.2) is 19.1 Å². The lowest BCUT2D eigenvalue weighted by molar-refractivity contribution is 0.0957. The molecule has 3 nitrogen and oxygen atoms in total. The Bertz CT molecular complexity index is 395. The topological polar surface area (TPSA) is 38.3 Å². The number of rotatable bonds is 0. The maximum absolute atomic E-state index is 13.0. The highest BCUT2D eigenvalue weighted by atomic mass is 35.5. The predicted octanol–water partition coefficient (Wildman–Crippen LogP) is 1.60. The van der Waals surface area contributed by atoms with Gasteiger partial charge in [-0.3, -0.25) is 4.79 Å². The number of ether oxygens (including phenoxy) is 1. The van der Waals surface area contributed by atoms with Crippen LogP contribution in [0.4, 0.5) is 4.39 Å². The van der Waals surface area contributed by atoms with E-state index < -0.39 is 5.82 Å². The SMILES string of the molecule is O=C1NCCOc2cc(F)c(Cl)cc21. The molecule has 5 heteroatoms. The number of carbonyl (C=O) groups excluding carboxylic acids is 1. The molecule has 0 saturated carbocycles. The second-order valence-corrected chi connectivity index (χ2v) is 3.27. The molecule has 1 amide bonds. The molecule has 1 aromatic rings. The molecule has 1 aromatic carbocycles. The number of fused-ring (bicyclic) bond motifs is 1. The molecule has 0 saturated heterocycles. The van der Waals surface area contributed by atoms with Crippen LogP contribution >= 0.6 is 11.6 Å². The van der Waals surface area contributed by atoms with Gasteiger partial charge in [0.1, 0.15) is 18.2 Å². The number of nitrogens with one attached hydrogen (secondary N) is 1. The number of hydrogen-bond donors (Lipinski definition) is 1. The number of benzene rings is 1. The largest absolute Gasteiger partial charge is 0.491 e. The second-order valence-electron chi connectivity index (χ2n) is 2.87. The van der Waals surface area contributed by atoms with Crippen LogP contribution in [0.3, 0.4) is 0 Å². The van der Waals surface area contributed by atoms with Gasteiger partial charge in [0, 0.05) is 6.07 Å². The number of amides is 1. The van der Waals surface area contributed by atoms with Gasteiger partial charge in [0.25, 0.3) is 5.91 Å². The van der Waals surface area contributed by atoms with E-state index >= 15 is 0 Å². The van der Waals surface area contributed by atoms with E-state index in [9.17, 15) is 9.18 Å². The monoisotopic (exact) mass is 215 g/mol. The summed E-state index contributed by atoms with van der Waals surface area (Å²) in [4.78, 5) is 11.4. The third kappa shape index (κ3) is 1.53. The summed E-state index contributed by atoms with van der Waals surface area (Å²) >= 11 is 5.55. The highest BCUT2D eigenvalue weighted by Gasteiger charge is 2.18. The van der Waals surface area contributed by atoms with Crippen LogP contribution in [0.15, 0.2) is 12.1 Å². The van der Waals surface area contributed by atoms with Gasteiger partial charge in [-0.15, -0.1) is 0 Å². The average molecular weight is 216 g/mol. The maximum atomic E-state index is 13.0. The van der Waals surface area contributed by atoms with Crippen molar-refractivity contribution in [2.45, 2.75) is 0 Å². The van der Waals surface area contributed by atoms with Gasteiger partial charge < -0.3 is 10.1 Å². The fourth-order valence-electron chi connectivity index (χ4n) is 1.25. The fourth-order valence-corrected chi connectivity index (χ4v) is 1.41. The van der Waals surface area contributed by atoms with E-state index in [1.165, 1.54) is 6.07 Å². The molecule has 1 aliphatic rings. The van der Waals surface area contributed by atoms with Gasteiger partial charge in [-0.1, -0.05) is 11.6 Å². The van der Waals surface area contributed by atoms with Crippen LogP contribution in [0.2, 0.25) is 5.02 Å². The van der Waals surface area contributed by atoms with E-state index in [0.29, 0.717) is 13.2 Å². The summed E-state index contributed by atoms with van der Waals surface area (Å²) in [6.45, 7) is 0.743. The van der Waals surface area contributed by atoms with Crippen molar-refractivity contribution in [1.82, 2.24) is 5.32 Å². The summed E-state index contributed by atoms with van der Waals surface area (Å²) in [7, 11) is 0. The Balaban J connectivity index is 2.54. The van der Waals surface area contributed by atoms with Gasteiger partial charge in [-0.25, -0.2) is 4.39 Å². The van der Waals surface area contributed by atoms with Crippen LogP contribution < -0.4 is 10.1 Å². The van der Waals surface area contributed by atoms with Gasteiger partial charge in [0.05, 0.1) is 17.1 Å². The molecule has 0 bridgehead atoms. The summed E-state index contributed by atoms with van der Waals surface area (Å²) < 4.78 is 18.2. The van der Waals surface area contributed by atoms with Crippen LogP contribution in [-0.2, 0) is 0 Å². The van der Waals surface area contributed by atoms with E-state index in [-0.39, 0.29) is 22.2 Å². The van der Waals surface area contributed by atoms with Crippen molar-refractivity contribution < 1.29 is 13.9 Å². The first-order chi connectivity index (χ1) is 6.68. The van der Waals surface area contributed by atoms with Crippen molar-refractivity contribution >= 4 is 17.5 Å². The molecule has 0 spiro atoms. The zero-order chi connectivity index (χ0) is 10.1.